The lowest BCUT2D eigenvalue weighted by Crippen LogP contribution is -2.42. The normalized spacial score (nSPS) is 15.9. The zero-order valence-electron chi connectivity index (χ0n) is 19.0. The first kappa shape index (κ1) is 24.2. The number of carbonyl (C=O) groups excluding carboxylic acids is 1. The number of β-amino-alcohol motifs (C(OH)–C–C–N with tert-alkyl or cyclic N) is 1. The van der Waals surface area contributed by atoms with Gasteiger partial charge < -0.3 is 24.8 Å². The molecule has 1 fully saturated rings. The highest BCUT2D eigenvalue weighted by Gasteiger charge is 2.26. The summed E-state index contributed by atoms with van der Waals surface area (Å²) in [6, 6.07) is 18.6. The Kier molecular flexibility index (Phi) is 10.0. The molecule has 0 radical (unpaired) electrons. The Morgan fingerprint density at radius 2 is 1.81 bits per heavy atom. The molecular formula is C26H36N2O4. The van der Waals surface area contributed by atoms with E-state index in [1.165, 1.54) is 18.2 Å². The number of esters is 1. The minimum atomic E-state index is -0.560. The minimum absolute atomic E-state index is 0.0125. The van der Waals surface area contributed by atoms with E-state index < -0.39 is 6.10 Å². The van der Waals surface area contributed by atoms with Gasteiger partial charge in [0.1, 0.15) is 18.5 Å². The van der Waals surface area contributed by atoms with Gasteiger partial charge in [-0.25, -0.2) is 0 Å². The van der Waals surface area contributed by atoms with Crippen LogP contribution in [0.5, 0.6) is 5.75 Å². The molecule has 174 valence electrons. The molecule has 1 saturated heterocycles. The first-order valence-corrected chi connectivity index (χ1v) is 11.6. The van der Waals surface area contributed by atoms with Crippen LogP contribution < -0.4 is 10.1 Å². The Morgan fingerprint density at radius 3 is 2.50 bits per heavy atom. The van der Waals surface area contributed by atoms with Crippen molar-refractivity contribution in [3.8, 4) is 5.75 Å². The summed E-state index contributed by atoms with van der Waals surface area (Å²) in [5.41, 5.74) is 2.59. The van der Waals surface area contributed by atoms with Crippen LogP contribution in [-0.4, -0.2) is 62.0 Å². The van der Waals surface area contributed by atoms with Gasteiger partial charge in [-0.1, -0.05) is 42.5 Å². The third-order valence-electron chi connectivity index (χ3n) is 5.95. The van der Waals surface area contributed by atoms with E-state index >= 15 is 0 Å². The molecule has 0 aromatic heterocycles. The lowest BCUT2D eigenvalue weighted by atomic mass is 9.97. The van der Waals surface area contributed by atoms with Gasteiger partial charge in [0.05, 0.1) is 13.0 Å². The predicted octanol–water partition coefficient (Wildman–Crippen LogP) is 3.03. The van der Waals surface area contributed by atoms with E-state index in [1.807, 2.05) is 18.2 Å². The van der Waals surface area contributed by atoms with Gasteiger partial charge in [0.2, 0.25) is 0 Å². The van der Waals surface area contributed by atoms with Gasteiger partial charge in [-0.3, -0.25) is 4.79 Å². The fourth-order valence-electron chi connectivity index (χ4n) is 4.06. The van der Waals surface area contributed by atoms with E-state index in [-0.39, 0.29) is 18.5 Å². The second-order valence-electron chi connectivity index (χ2n) is 8.47. The van der Waals surface area contributed by atoms with Crippen LogP contribution in [0.15, 0.2) is 54.6 Å². The van der Waals surface area contributed by atoms with Crippen molar-refractivity contribution in [1.82, 2.24) is 10.2 Å². The zero-order valence-corrected chi connectivity index (χ0v) is 19.0. The molecule has 1 unspecified atom stereocenters. The van der Waals surface area contributed by atoms with E-state index in [0.29, 0.717) is 6.54 Å². The molecular weight excluding hydrogens is 404 g/mol. The third kappa shape index (κ3) is 8.26. The molecule has 6 nitrogen and oxygen atoms in total. The number of piperidine rings is 1. The summed E-state index contributed by atoms with van der Waals surface area (Å²) in [5.74, 6) is 0.627. The van der Waals surface area contributed by atoms with E-state index in [4.69, 9.17) is 9.47 Å². The van der Waals surface area contributed by atoms with Gasteiger partial charge in [0.25, 0.3) is 0 Å². The molecule has 2 aromatic carbocycles. The van der Waals surface area contributed by atoms with Crippen molar-refractivity contribution in [3.05, 3.63) is 65.7 Å². The maximum absolute atomic E-state index is 11.6. The quantitative estimate of drug-likeness (QED) is 0.391. The van der Waals surface area contributed by atoms with Gasteiger partial charge >= 0.3 is 5.97 Å². The molecule has 1 aliphatic rings. The number of hydrogen-bond acceptors (Lipinski definition) is 6. The predicted molar refractivity (Wildman–Crippen MR) is 126 cm³/mol. The molecule has 2 N–H and O–H groups in total. The van der Waals surface area contributed by atoms with Gasteiger partial charge in [0, 0.05) is 13.1 Å². The second-order valence-corrected chi connectivity index (χ2v) is 8.47. The number of nitrogens with one attached hydrogen (secondary N) is 1. The number of aliphatic hydroxyl groups is 1. The van der Waals surface area contributed by atoms with Crippen molar-refractivity contribution in [2.45, 2.75) is 38.3 Å². The molecule has 0 aliphatic carbocycles. The first-order chi connectivity index (χ1) is 15.6. The van der Waals surface area contributed by atoms with Crippen LogP contribution in [0, 0.1) is 5.92 Å². The summed E-state index contributed by atoms with van der Waals surface area (Å²) >= 11 is 0. The van der Waals surface area contributed by atoms with Crippen molar-refractivity contribution < 1.29 is 19.4 Å². The van der Waals surface area contributed by atoms with Crippen LogP contribution >= 0.6 is 0 Å². The molecule has 3 rings (SSSR count). The number of nitrogens with zero attached hydrogens (tertiary/aromatic N) is 1. The monoisotopic (exact) mass is 440 g/mol. The summed E-state index contributed by atoms with van der Waals surface area (Å²) in [6.07, 6.45) is 3.20. The second kappa shape index (κ2) is 13.2. The van der Waals surface area contributed by atoms with Crippen LogP contribution in [-0.2, 0) is 22.5 Å². The number of benzene rings is 2. The Morgan fingerprint density at radius 1 is 1.09 bits per heavy atom. The fourth-order valence-corrected chi connectivity index (χ4v) is 4.06. The Bertz CT molecular complexity index is 789. The van der Waals surface area contributed by atoms with Crippen LogP contribution in [0.1, 0.15) is 30.4 Å². The van der Waals surface area contributed by atoms with Crippen molar-refractivity contribution in [3.63, 3.8) is 0 Å². The standard InChI is InChI=1S/C26H36N2O4/c1-31-26(30)23-13-16-28(17-14-23)19-24(29)20-32-25-11-9-22(10-12-25)18-27-15-5-8-21-6-3-2-4-7-21/h2-4,6-7,9-12,23-24,27,29H,5,8,13-20H2,1H3. The van der Waals surface area contributed by atoms with E-state index in [2.05, 4.69) is 46.6 Å². The molecule has 32 heavy (non-hydrogen) atoms. The number of aryl methyl sites for hydroxylation is 1. The van der Waals surface area contributed by atoms with Gasteiger partial charge in [-0.15, -0.1) is 0 Å². The lowest BCUT2D eigenvalue weighted by molar-refractivity contribution is -0.147. The number of ether oxygens (including phenoxy) is 2. The molecule has 1 aliphatic heterocycles. The molecule has 0 saturated carbocycles. The average molecular weight is 441 g/mol. The number of hydrogen-bond donors (Lipinski definition) is 2. The van der Waals surface area contributed by atoms with Gasteiger partial charge in [-0.05, 0) is 68.6 Å². The Hall–Kier alpha value is -2.41. The Balaban J connectivity index is 1.28. The molecule has 1 heterocycles. The number of rotatable bonds is 12. The Labute approximate surface area is 191 Å². The summed E-state index contributed by atoms with van der Waals surface area (Å²) < 4.78 is 10.6. The number of aliphatic hydroxyl groups excluding tert-OH is 1. The van der Waals surface area contributed by atoms with Gasteiger partial charge in [0.15, 0.2) is 0 Å². The SMILES string of the molecule is COC(=O)C1CCN(CC(O)COc2ccc(CNCCCc3ccccc3)cc2)CC1. The van der Waals surface area contributed by atoms with E-state index in [9.17, 15) is 9.90 Å². The smallest absolute Gasteiger partial charge is 0.308 e. The molecule has 0 amide bonds. The molecule has 0 bridgehead atoms. The van der Waals surface area contributed by atoms with E-state index in [0.717, 1.165) is 57.6 Å². The highest BCUT2D eigenvalue weighted by atomic mass is 16.5. The maximum atomic E-state index is 11.6. The minimum Gasteiger partial charge on any atom is -0.491 e. The fraction of sp³-hybridized carbons (Fsp3) is 0.500. The van der Waals surface area contributed by atoms with Crippen LogP contribution in [0.25, 0.3) is 0 Å². The molecule has 1 atom stereocenters. The zero-order chi connectivity index (χ0) is 22.6. The number of carbonyl (C=O) groups is 1. The highest BCUT2D eigenvalue weighted by Crippen LogP contribution is 2.19. The average Bonchev–Trinajstić information content (AvgIpc) is 2.84. The highest BCUT2D eigenvalue weighted by molar-refractivity contribution is 5.72. The number of likely N-dealkylation sites (tertiary alicyclic amines) is 1. The van der Waals surface area contributed by atoms with Crippen molar-refractivity contribution >= 4 is 5.97 Å². The van der Waals surface area contributed by atoms with Crippen molar-refractivity contribution in [2.75, 3.05) is 39.9 Å². The third-order valence-corrected chi connectivity index (χ3v) is 5.95. The largest absolute Gasteiger partial charge is 0.491 e. The van der Waals surface area contributed by atoms with Crippen molar-refractivity contribution in [2.24, 2.45) is 5.92 Å². The van der Waals surface area contributed by atoms with Crippen LogP contribution in [0.2, 0.25) is 0 Å². The maximum Gasteiger partial charge on any atom is 0.308 e. The molecule has 2 aromatic rings. The molecule has 0 spiro atoms. The molecule has 6 heteroatoms. The summed E-state index contributed by atoms with van der Waals surface area (Å²) in [6.45, 7) is 4.22. The van der Waals surface area contributed by atoms with Gasteiger partial charge in [-0.2, -0.15) is 0 Å². The van der Waals surface area contributed by atoms with Crippen LogP contribution in [0.3, 0.4) is 0 Å². The lowest BCUT2D eigenvalue weighted by Gasteiger charge is -2.31. The summed E-state index contributed by atoms with van der Waals surface area (Å²) in [5, 5.41) is 13.8. The first-order valence-electron chi connectivity index (χ1n) is 11.6. The topological polar surface area (TPSA) is 71.0 Å². The van der Waals surface area contributed by atoms with E-state index in [1.54, 1.807) is 0 Å². The summed E-state index contributed by atoms with van der Waals surface area (Å²) in [4.78, 5) is 13.8. The van der Waals surface area contributed by atoms with Crippen LogP contribution in [0.4, 0.5) is 0 Å². The summed E-state index contributed by atoms with van der Waals surface area (Å²) in [7, 11) is 1.44. The van der Waals surface area contributed by atoms with Crippen molar-refractivity contribution in [1.29, 1.82) is 0 Å². The number of methoxy groups -OCH3 is 1.